The Kier molecular flexibility index (Phi) is 2.45. The van der Waals surface area contributed by atoms with Gasteiger partial charge in [0.25, 0.3) is 0 Å². The van der Waals surface area contributed by atoms with E-state index in [0.717, 1.165) is 6.42 Å². The summed E-state index contributed by atoms with van der Waals surface area (Å²) in [6, 6.07) is 0. The maximum Gasteiger partial charge on any atom is 0.0121 e. The smallest absolute Gasteiger partial charge is 0.0121 e. The molecule has 0 aromatic rings. The van der Waals surface area contributed by atoms with Crippen molar-refractivity contribution < 1.29 is 0 Å². The summed E-state index contributed by atoms with van der Waals surface area (Å²) >= 11 is 0. The summed E-state index contributed by atoms with van der Waals surface area (Å²) in [6.07, 6.45) is 20.2. The van der Waals surface area contributed by atoms with Crippen LogP contribution in [0.25, 0.3) is 0 Å². The second-order valence-electron chi connectivity index (χ2n) is 2.86. The third kappa shape index (κ3) is 1.69. The van der Waals surface area contributed by atoms with Crippen LogP contribution in [0, 0.1) is 31.6 Å². The van der Waals surface area contributed by atoms with Crippen LogP contribution in [-0.4, -0.2) is 0 Å². The molecule has 0 spiro atoms. The third-order valence-electron chi connectivity index (χ3n) is 1.99. The first-order chi connectivity index (χ1) is 5.97. The molecule has 0 saturated heterocycles. The molecule has 0 aromatic heterocycles. The van der Waals surface area contributed by atoms with Crippen LogP contribution in [0.1, 0.15) is 6.42 Å². The minimum atomic E-state index is 1.04. The molecule has 0 bridgehead atoms. The Morgan fingerprint density at radius 1 is 1.00 bits per heavy atom. The van der Waals surface area contributed by atoms with Crippen molar-refractivity contribution in [3.63, 3.8) is 0 Å². The topological polar surface area (TPSA) is 0 Å². The van der Waals surface area contributed by atoms with E-state index in [0.29, 0.717) is 0 Å². The van der Waals surface area contributed by atoms with E-state index < -0.39 is 0 Å². The Bertz CT molecular complexity index is 224. The molecule has 12 heavy (non-hydrogen) atoms. The van der Waals surface area contributed by atoms with Crippen LogP contribution in [-0.2, 0) is 0 Å². The van der Waals surface area contributed by atoms with E-state index in [2.05, 4.69) is 56.1 Å². The molecule has 5 radical (unpaired) electrons. The van der Waals surface area contributed by atoms with Gasteiger partial charge in [0.05, 0.1) is 0 Å². The normalized spacial score (nSPS) is 24.2. The maximum atomic E-state index is 2.25. The fourth-order valence-corrected chi connectivity index (χ4v) is 1.36. The third-order valence-corrected chi connectivity index (χ3v) is 1.99. The van der Waals surface area contributed by atoms with E-state index in [1.807, 2.05) is 0 Å². The van der Waals surface area contributed by atoms with Crippen molar-refractivity contribution in [3.8, 4) is 0 Å². The monoisotopic (exact) mass is 155 g/mol. The summed E-state index contributed by atoms with van der Waals surface area (Å²) in [6.45, 7) is 0. The quantitative estimate of drug-likeness (QED) is 0.546. The Morgan fingerprint density at radius 2 is 1.83 bits per heavy atom. The van der Waals surface area contributed by atoms with Crippen molar-refractivity contribution in [2.75, 3.05) is 0 Å². The van der Waals surface area contributed by atoms with Crippen LogP contribution in [0.5, 0.6) is 0 Å². The van der Waals surface area contributed by atoms with E-state index in [-0.39, 0.29) is 0 Å². The Balaban J connectivity index is 2.06. The summed E-state index contributed by atoms with van der Waals surface area (Å²) < 4.78 is 0. The highest BCUT2D eigenvalue weighted by Crippen LogP contribution is 2.31. The first-order valence-corrected chi connectivity index (χ1v) is 4.22. The van der Waals surface area contributed by atoms with Crippen molar-refractivity contribution >= 4 is 0 Å². The lowest BCUT2D eigenvalue weighted by Gasteiger charge is -2.07. The molecule has 0 aliphatic heterocycles. The van der Waals surface area contributed by atoms with Gasteiger partial charge in [0.15, 0.2) is 0 Å². The van der Waals surface area contributed by atoms with Crippen LogP contribution in [0.15, 0.2) is 36.0 Å². The summed E-state index contributed by atoms with van der Waals surface area (Å²) in [7, 11) is 0. The lowest BCUT2D eigenvalue weighted by molar-refractivity contribution is 1.25. The van der Waals surface area contributed by atoms with Crippen molar-refractivity contribution in [3.05, 3.63) is 67.6 Å². The van der Waals surface area contributed by atoms with Gasteiger partial charge in [-0.15, -0.1) is 0 Å². The summed E-state index contributed by atoms with van der Waals surface area (Å²) in [5.41, 5.74) is 1.32. The average Bonchev–Trinajstić information content (AvgIpc) is 2.48. The van der Waals surface area contributed by atoms with Crippen LogP contribution in [0.4, 0.5) is 0 Å². The summed E-state index contributed by atoms with van der Waals surface area (Å²) in [5.74, 6) is 1.31. The number of hydrogen-bond acceptors (Lipinski definition) is 0. The molecule has 59 valence electrons. The van der Waals surface area contributed by atoms with Gasteiger partial charge in [-0.1, -0.05) is 30.4 Å². The van der Waals surface area contributed by atoms with Gasteiger partial charge in [-0.2, -0.15) is 0 Å². The van der Waals surface area contributed by atoms with E-state index in [4.69, 9.17) is 0 Å². The molecular formula is C12H11. The van der Waals surface area contributed by atoms with Crippen molar-refractivity contribution in [1.29, 1.82) is 0 Å². The van der Waals surface area contributed by atoms with Crippen LogP contribution >= 0.6 is 0 Å². The lowest BCUT2D eigenvalue weighted by Crippen LogP contribution is -1.93. The van der Waals surface area contributed by atoms with Crippen LogP contribution in [0.2, 0.25) is 0 Å². The van der Waals surface area contributed by atoms with Crippen molar-refractivity contribution in [2.45, 2.75) is 6.42 Å². The Morgan fingerprint density at radius 3 is 2.67 bits per heavy atom. The SMILES string of the molecule is [CH]1[CH][CH][C](C2=CCC=CC=C2)[CH]1. The molecule has 0 unspecified atom stereocenters. The molecule has 0 nitrogen and oxygen atoms in total. The average molecular weight is 155 g/mol. The van der Waals surface area contributed by atoms with Gasteiger partial charge < -0.3 is 0 Å². The van der Waals surface area contributed by atoms with Gasteiger partial charge >= 0.3 is 0 Å². The van der Waals surface area contributed by atoms with Gasteiger partial charge in [-0.3, -0.25) is 0 Å². The molecular weight excluding hydrogens is 144 g/mol. The predicted molar refractivity (Wildman–Crippen MR) is 51.4 cm³/mol. The molecule has 0 aromatic carbocycles. The van der Waals surface area contributed by atoms with E-state index >= 15 is 0 Å². The zero-order valence-electron chi connectivity index (χ0n) is 6.90. The van der Waals surface area contributed by atoms with Crippen molar-refractivity contribution in [1.82, 2.24) is 0 Å². The molecule has 0 amide bonds. The minimum absolute atomic E-state index is 1.04. The summed E-state index contributed by atoms with van der Waals surface area (Å²) in [5, 5.41) is 0. The number of hydrogen-bond donors (Lipinski definition) is 0. The van der Waals surface area contributed by atoms with Gasteiger partial charge in [-0.05, 0) is 37.7 Å². The Hall–Kier alpha value is -0.780. The zero-order valence-corrected chi connectivity index (χ0v) is 6.90. The molecule has 1 saturated carbocycles. The molecule has 0 atom stereocenters. The maximum absolute atomic E-state index is 2.25. The predicted octanol–water partition coefficient (Wildman–Crippen LogP) is 2.83. The van der Waals surface area contributed by atoms with Crippen LogP contribution < -0.4 is 0 Å². The van der Waals surface area contributed by atoms with Crippen LogP contribution in [0.3, 0.4) is 0 Å². The first-order valence-electron chi connectivity index (χ1n) is 4.22. The first kappa shape index (κ1) is 7.85. The zero-order chi connectivity index (χ0) is 8.23. The highest BCUT2D eigenvalue weighted by molar-refractivity contribution is 5.53. The fourth-order valence-electron chi connectivity index (χ4n) is 1.36. The van der Waals surface area contributed by atoms with E-state index in [1.165, 1.54) is 11.5 Å². The molecule has 2 aliphatic rings. The van der Waals surface area contributed by atoms with Gasteiger partial charge in [0.2, 0.25) is 0 Å². The van der Waals surface area contributed by atoms with Crippen molar-refractivity contribution in [2.24, 2.45) is 0 Å². The highest BCUT2D eigenvalue weighted by atomic mass is 14.2. The largest absolute Gasteiger partial charge is 0.0807 e. The highest BCUT2D eigenvalue weighted by Gasteiger charge is 2.19. The van der Waals surface area contributed by atoms with E-state index in [1.54, 1.807) is 0 Å². The number of allylic oxidation sites excluding steroid dienone is 6. The van der Waals surface area contributed by atoms with E-state index in [9.17, 15) is 0 Å². The molecule has 2 rings (SSSR count). The van der Waals surface area contributed by atoms with Gasteiger partial charge in [0, 0.05) is 5.92 Å². The fraction of sp³-hybridized carbons (Fsp3) is 0.0833. The molecule has 2 aliphatic carbocycles. The molecule has 0 heterocycles. The second kappa shape index (κ2) is 3.75. The second-order valence-corrected chi connectivity index (χ2v) is 2.86. The lowest BCUT2D eigenvalue weighted by atomic mass is 9.96. The number of rotatable bonds is 1. The molecule has 1 fully saturated rings. The minimum Gasteiger partial charge on any atom is -0.0807 e. The standard InChI is InChI=1S/C12H11/c1-2-4-8-11(7-3-1)12-9-5-6-10-12/h1-3,5-10H,4H2. The van der Waals surface area contributed by atoms with Gasteiger partial charge in [-0.25, -0.2) is 0 Å². The molecule has 0 N–H and O–H groups in total. The van der Waals surface area contributed by atoms with Gasteiger partial charge in [0.1, 0.15) is 0 Å². The summed E-state index contributed by atoms with van der Waals surface area (Å²) in [4.78, 5) is 0. The molecule has 0 heteroatoms. The Labute approximate surface area is 74.7 Å².